The van der Waals surface area contributed by atoms with Crippen molar-refractivity contribution in [2.24, 2.45) is 17.3 Å². The molecule has 3 atom stereocenters. The lowest BCUT2D eigenvalue weighted by molar-refractivity contribution is -0.179. The molecule has 1 aliphatic carbocycles. The Morgan fingerprint density at radius 2 is 2.13 bits per heavy atom. The molecule has 5 heteroatoms. The van der Waals surface area contributed by atoms with E-state index in [4.69, 9.17) is 9.47 Å². The van der Waals surface area contributed by atoms with Gasteiger partial charge < -0.3 is 19.9 Å². The lowest BCUT2D eigenvalue weighted by atomic mass is 9.70. The van der Waals surface area contributed by atoms with Crippen molar-refractivity contribution in [1.29, 1.82) is 0 Å². The van der Waals surface area contributed by atoms with Crippen molar-refractivity contribution in [1.82, 2.24) is 5.32 Å². The second-order valence-electron chi connectivity index (χ2n) is 7.64. The largest absolute Gasteiger partial charge is 0.459 e. The Balaban J connectivity index is 2.22. The molecule has 23 heavy (non-hydrogen) atoms. The molecule has 1 heterocycles. The van der Waals surface area contributed by atoms with Crippen LogP contribution in [0.25, 0.3) is 0 Å². The molecule has 0 unspecified atom stereocenters. The summed E-state index contributed by atoms with van der Waals surface area (Å²) in [5.74, 6) is 0.557. The first-order valence-electron chi connectivity index (χ1n) is 8.78. The van der Waals surface area contributed by atoms with E-state index in [0.717, 1.165) is 19.3 Å². The smallest absolute Gasteiger partial charge is 0.286 e. The highest BCUT2D eigenvalue weighted by molar-refractivity contribution is 5.92. The van der Waals surface area contributed by atoms with Gasteiger partial charge in [0.05, 0.1) is 0 Å². The Hall–Kier alpha value is -1.07. The molecule has 1 amide bonds. The number of rotatable bonds is 7. The fourth-order valence-corrected chi connectivity index (χ4v) is 3.18. The highest BCUT2D eigenvalue weighted by Gasteiger charge is 2.42. The van der Waals surface area contributed by atoms with E-state index in [1.54, 1.807) is 0 Å². The fourth-order valence-electron chi connectivity index (χ4n) is 3.18. The van der Waals surface area contributed by atoms with Crippen LogP contribution in [0.15, 0.2) is 11.8 Å². The molecule has 0 spiro atoms. The molecular weight excluding hydrogens is 294 g/mol. The van der Waals surface area contributed by atoms with Gasteiger partial charge in [0, 0.05) is 25.2 Å². The number of aliphatic hydroxyl groups excluding tert-OH is 1. The summed E-state index contributed by atoms with van der Waals surface area (Å²) in [5.41, 5.74) is -0.00956. The van der Waals surface area contributed by atoms with Crippen LogP contribution < -0.4 is 5.32 Å². The maximum Gasteiger partial charge on any atom is 0.286 e. The van der Waals surface area contributed by atoms with E-state index in [1.165, 1.54) is 0 Å². The van der Waals surface area contributed by atoms with Gasteiger partial charge in [0.15, 0.2) is 5.76 Å². The van der Waals surface area contributed by atoms with Crippen molar-refractivity contribution >= 4 is 5.91 Å². The van der Waals surface area contributed by atoms with Crippen molar-refractivity contribution < 1.29 is 19.4 Å². The average Bonchev–Trinajstić information content (AvgIpc) is 3.28. The van der Waals surface area contributed by atoms with Gasteiger partial charge in [0.1, 0.15) is 0 Å². The highest BCUT2D eigenvalue weighted by atomic mass is 16.7. The number of allylic oxidation sites excluding steroid dienone is 1. The predicted octanol–water partition coefficient (Wildman–Crippen LogP) is 2.59. The second kappa shape index (κ2) is 7.67. The van der Waals surface area contributed by atoms with Crippen LogP contribution in [0.4, 0.5) is 0 Å². The zero-order valence-electron chi connectivity index (χ0n) is 14.8. The van der Waals surface area contributed by atoms with Crippen LogP contribution in [0.5, 0.6) is 0 Å². The quantitative estimate of drug-likeness (QED) is 0.755. The summed E-state index contributed by atoms with van der Waals surface area (Å²) < 4.78 is 11.7. The maximum absolute atomic E-state index is 12.4. The van der Waals surface area contributed by atoms with E-state index in [1.807, 2.05) is 13.0 Å². The van der Waals surface area contributed by atoms with Gasteiger partial charge in [0.2, 0.25) is 6.29 Å². The van der Waals surface area contributed by atoms with Crippen molar-refractivity contribution in [2.45, 2.75) is 65.7 Å². The van der Waals surface area contributed by atoms with Crippen molar-refractivity contribution in [3.05, 3.63) is 11.8 Å². The summed E-state index contributed by atoms with van der Waals surface area (Å²) in [6.45, 7) is 9.14. The maximum atomic E-state index is 12.4. The molecule has 132 valence electrons. The highest BCUT2D eigenvalue weighted by Crippen LogP contribution is 2.42. The van der Waals surface area contributed by atoms with E-state index in [2.05, 4.69) is 26.1 Å². The van der Waals surface area contributed by atoms with E-state index >= 15 is 0 Å². The van der Waals surface area contributed by atoms with Crippen LogP contribution in [0.1, 0.15) is 53.4 Å². The zero-order valence-corrected chi connectivity index (χ0v) is 14.8. The normalized spacial score (nSPS) is 28.0. The number of carbonyl (C=O) groups excluding carboxylic acids is 1. The minimum absolute atomic E-state index is 0.00956. The molecule has 5 nitrogen and oxygen atoms in total. The van der Waals surface area contributed by atoms with Crippen molar-refractivity contribution in [3.8, 4) is 0 Å². The van der Waals surface area contributed by atoms with Crippen LogP contribution in [-0.2, 0) is 14.3 Å². The molecule has 1 fully saturated rings. The summed E-state index contributed by atoms with van der Waals surface area (Å²) in [7, 11) is 0. The summed E-state index contributed by atoms with van der Waals surface area (Å²) in [6, 6.07) is 0.303. The second-order valence-corrected chi connectivity index (χ2v) is 7.64. The first-order valence-corrected chi connectivity index (χ1v) is 8.78. The van der Waals surface area contributed by atoms with Crippen molar-refractivity contribution in [2.75, 3.05) is 13.2 Å². The van der Waals surface area contributed by atoms with Crippen molar-refractivity contribution in [3.63, 3.8) is 0 Å². The van der Waals surface area contributed by atoms with E-state index in [-0.39, 0.29) is 29.8 Å². The first kappa shape index (κ1) is 18.3. The van der Waals surface area contributed by atoms with Gasteiger partial charge in [-0.05, 0) is 50.0 Å². The summed E-state index contributed by atoms with van der Waals surface area (Å²) in [6.07, 6.45) is 5.17. The third-order valence-electron chi connectivity index (χ3n) is 4.55. The van der Waals surface area contributed by atoms with Gasteiger partial charge in [-0.1, -0.05) is 20.8 Å². The van der Waals surface area contributed by atoms with Gasteiger partial charge in [-0.25, -0.2) is 0 Å². The fraction of sp³-hybridized carbons (Fsp3) is 0.833. The number of carbonyl (C=O) groups is 1. The van der Waals surface area contributed by atoms with E-state index < -0.39 is 6.29 Å². The number of aliphatic hydroxyl groups is 1. The minimum Gasteiger partial charge on any atom is -0.459 e. The Morgan fingerprint density at radius 3 is 2.65 bits per heavy atom. The van der Waals surface area contributed by atoms with Gasteiger partial charge >= 0.3 is 0 Å². The standard InChI is InChI=1S/C18H31NO4/c1-5-22-17-13(7-6-10-20)14(18(2,3)4)11-15(23-17)16(21)19-12-8-9-12/h11-14,17,20H,5-10H2,1-4H3,(H,19,21)/t13-,14+,17-/m1/s1. The van der Waals surface area contributed by atoms with Gasteiger partial charge in [-0.3, -0.25) is 4.79 Å². The molecule has 2 N–H and O–H groups in total. The Labute approximate surface area is 139 Å². The molecule has 0 aromatic rings. The van der Waals surface area contributed by atoms with E-state index in [9.17, 15) is 9.90 Å². The Morgan fingerprint density at radius 1 is 1.43 bits per heavy atom. The molecule has 1 saturated carbocycles. The first-order chi connectivity index (χ1) is 10.9. The molecule has 2 aliphatic rings. The number of ether oxygens (including phenoxy) is 2. The van der Waals surface area contributed by atoms with Crippen LogP contribution in [0.2, 0.25) is 0 Å². The van der Waals surface area contributed by atoms with Crippen LogP contribution in [0.3, 0.4) is 0 Å². The molecule has 1 aliphatic heterocycles. The number of hydrogen-bond acceptors (Lipinski definition) is 4. The third kappa shape index (κ3) is 4.95. The van der Waals surface area contributed by atoms with Crippen LogP contribution in [-0.4, -0.2) is 36.6 Å². The molecule has 0 saturated heterocycles. The predicted molar refractivity (Wildman–Crippen MR) is 88.5 cm³/mol. The summed E-state index contributed by atoms with van der Waals surface area (Å²) >= 11 is 0. The molecular formula is C18H31NO4. The monoisotopic (exact) mass is 325 g/mol. The topological polar surface area (TPSA) is 67.8 Å². The van der Waals surface area contributed by atoms with Crippen LogP contribution in [0, 0.1) is 17.3 Å². The number of amides is 1. The Kier molecular flexibility index (Phi) is 6.09. The number of hydrogen-bond donors (Lipinski definition) is 2. The molecule has 0 aromatic heterocycles. The van der Waals surface area contributed by atoms with Gasteiger partial charge in [-0.2, -0.15) is 0 Å². The summed E-state index contributed by atoms with van der Waals surface area (Å²) in [4.78, 5) is 12.4. The molecule has 0 radical (unpaired) electrons. The van der Waals surface area contributed by atoms with Gasteiger partial charge in [-0.15, -0.1) is 0 Å². The SMILES string of the molecule is CCO[C@@H]1OC(C(=O)NC2CC2)=C[C@H](C(C)(C)C)[C@H]1CCCO. The lowest BCUT2D eigenvalue weighted by Gasteiger charge is -2.42. The molecule has 0 aromatic carbocycles. The third-order valence-corrected chi connectivity index (χ3v) is 4.55. The molecule has 2 rings (SSSR count). The van der Waals surface area contributed by atoms with Crippen LogP contribution >= 0.6 is 0 Å². The zero-order chi connectivity index (χ0) is 17.0. The minimum atomic E-state index is -0.430. The average molecular weight is 325 g/mol. The number of nitrogens with one attached hydrogen (secondary N) is 1. The lowest BCUT2D eigenvalue weighted by Crippen LogP contribution is -2.43. The Bertz CT molecular complexity index is 437. The van der Waals surface area contributed by atoms with Gasteiger partial charge in [0.25, 0.3) is 5.91 Å². The van der Waals surface area contributed by atoms with E-state index in [0.29, 0.717) is 24.8 Å². The summed E-state index contributed by atoms with van der Waals surface area (Å²) in [5, 5.41) is 12.2. The molecule has 0 bridgehead atoms.